The fraction of sp³-hybridized carbons (Fsp3) is 0.533. The van der Waals surface area contributed by atoms with Crippen LogP contribution in [0.2, 0.25) is 0 Å². The molecule has 1 aromatic carbocycles. The number of hydrogen-bond donors (Lipinski definition) is 3. The smallest absolute Gasteiger partial charge is 0.293 e. The Morgan fingerprint density at radius 2 is 2.04 bits per heavy atom. The molecule has 1 unspecified atom stereocenters. The number of nitrogens with one attached hydrogen (secondary N) is 3. The zero-order valence-corrected chi connectivity index (χ0v) is 13.5. The molecule has 3 rings (SSSR count). The minimum Gasteiger partial charge on any atom is -0.377 e. The number of hydrogen-bond acceptors (Lipinski definition) is 5. The molecule has 0 aromatic heterocycles. The Kier molecular flexibility index (Phi) is 5.79. The van der Waals surface area contributed by atoms with Crippen LogP contribution >= 0.6 is 12.4 Å². The summed E-state index contributed by atoms with van der Waals surface area (Å²) in [5.41, 5.74) is 0.781. The van der Waals surface area contributed by atoms with Crippen molar-refractivity contribution in [2.24, 2.45) is 0 Å². The highest BCUT2D eigenvalue weighted by Crippen LogP contribution is 2.31. The van der Waals surface area contributed by atoms with Crippen LogP contribution in [0.4, 0.5) is 11.4 Å². The second-order valence-electron chi connectivity index (χ2n) is 5.92. The number of amides is 1. The Morgan fingerprint density at radius 1 is 1.26 bits per heavy atom. The van der Waals surface area contributed by atoms with E-state index in [9.17, 15) is 14.9 Å². The van der Waals surface area contributed by atoms with Gasteiger partial charge in [0, 0.05) is 30.3 Å². The van der Waals surface area contributed by atoms with Gasteiger partial charge in [0.25, 0.3) is 11.6 Å². The van der Waals surface area contributed by atoms with Gasteiger partial charge in [0.15, 0.2) is 0 Å². The molecule has 0 bridgehead atoms. The van der Waals surface area contributed by atoms with E-state index in [4.69, 9.17) is 0 Å². The zero-order valence-electron chi connectivity index (χ0n) is 12.7. The van der Waals surface area contributed by atoms with E-state index in [1.807, 2.05) is 0 Å². The van der Waals surface area contributed by atoms with Crippen LogP contribution < -0.4 is 16.0 Å². The van der Waals surface area contributed by atoms with Crippen molar-refractivity contribution in [2.45, 2.75) is 37.8 Å². The van der Waals surface area contributed by atoms with E-state index in [0.29, 0.717) is 17.3 Å². The second kappa shape index (κ2) is 7.61. The van der Waals surface area contributed by atoms with E-state index < -0.39 is 4.92 Å². The molecular formula is C15H21ClN4O3. The van der Waals surface area contributed by atoms with E-state index in [2.05, 4.69) is 16.0 Å². The maximum Gasteiger partial charge on any atom is 0.293 e. The quantitative estimate of drug-likeness (QED) is 0.563. The fourth-order valence-electron chi connectivity index (χ4n) is 2.64. The van der Waals surface area contributed by atoms with Crippen molar-refractivity contribution in [3.63, 3.8) is 0 Å². The Bertz CT molecular complexity index is 586. The van der Waals surface area contributed by atoms with E-state index in [1.54, 1.807) is 12.1 Å². The summed E-state index contributed by atoms with van der Waals surface area (Å²) < 4.78 is 0. The van der Waals surface area contributed by atoms with Crippen LogP contribution in [0, 0.1) is 10.1 Å². The average Bonchev–Trinajstić information content (AvgIpc) is 3.32. The van der Waals surface area contributed by atoms with Gasteiger partial charge in [-0.25, -0.2) is 0 Å². The van der Waals surface area contributed by atoms with Gasteiger partial charge in [0.05, 0.1) is 4.92 Å². The first-order valence-corrected chi connectivity index (χ1v) is 7.70. The first-order chi connectivity index (χ1) is 10.6. The lowest BCUT2D eigenvalue weighted by Gasteiger charge is -2.23. The summed E-state index contributed by atoms with van der Waals surface area (Å²) in [6.45, 7) is 1.72. The van der Waals surface area contributed by atoms with Gasteiger partial charge in [-0.05, 0) is 44.4 Å². The number of carbonyl (C=O) groups excluding carboxylic acids is 1. The van der Waals surface area contributed by atoms with Crippen LogP contribution in [-0.2, 0) is 0 Å². The summed E-state index contributed by atoms with van der Waals surface area (Å²) in [7, 11) is 0. The van der Waals surface area contributed by atoms with Crippen molar-refractivity contribution in [1.29, 1.82) is 0 Å². The lowest BCUT2D eigenvalue weighted by Crippen LogP contribution is -2.45. The topological polar surface area (TPSA) is 96.3 Å². The SMILES string of the molecule is Cl.O=C(NC1CCCNC1)c1ccc(NC2CC2)c([N+](=O)[O-])c1. The molecule has 0 spiro atoms. The first kappa shape index (κ1) is 17.5. The average molecular weight is 341 g/mol. The standard InChI is InChI=1S/C15H20N4O3.ClH/c20-15(18-12-2-1-7-16-9-12)10-3-6-13(17-11-4-5-11)14(8-10)19(21)22;/h3,6,8,11-12,16-17H,1-2,4-5,7,9H2,(H,18,20);1H. The maximum absolute atomic E-state index is 12.3. The number of anilines is 1. The monoisotopic (exact) mass is 340 g/mol. The molecule has 126 valence electrons. The van der Waals surface area contributed by atoms with Crippen LogP contribution in [0.5, 0.6) is 0 Å². The summed E-state index contributed by atoms with van der Waals surface area (Å²) in [6, 6.07) is 5.04. The van der Waals surface area contributed by atoms with Crippen molar-refractivity contribution in [1.82, 2.24) is 10.6 Å². The van der Waals surface area contributed by atoms with Crippen LogP contribution in [0.25, 0.3) is 0 Å². The lowest BCUT2D eigenvalue weighted by molar-refractivity contribution is -0.384. The van der Waals surface area contributed by atoms with Gasteiger partial charge in [0.2, 0.25) is 0 Å². The number of nitro benzene ring substituents is 1. The summed E-state index contributed by atoms with van der Waals surface area (Å²) in [6.07, 6.45) is 4.03. The van der Waals surface area contributed by atoms with Crippen molar-refractivity contribution in [3.05, 3.63) is 33.9 Å². The molecule has 2 aliphatic rings. The van der Waals surface area contributed by atoms with Gasteiger partial charge in [-0.15, -0.1) is 12.4 Å². The summed E-state index contributed by atoms with van der Waals surface area (Å²) >= 11 is 0. The van der Waals surface area contributed by atoms with Gasteiger partial charge in [-0.3, -0.25) is 14.9 Å². The number of rotatable bonds is 5. The minimum atomic E-state index is -0.441. The number of halogens is 1. The molecule has 3 N–H and O–H groups in total. The Hall–Kier alpha value is -1.86. The number of benzene rings is 1. The van der Waals surface area contributed by atoms with Crippen LogP contribution in [0.1, 0.15) is 36.0 Å². The molecule has 1 aliphatic heterocycles. The van der Waals surface area contributed by atoms with Crippen molar-refractivity contribution < 1.29 is 9.72 Å². The third-order valence-electron chi connectivity index (χ3n) is 4.03. The van der Waals surface area contributed by atoms with Crippen LogP contribution in [0.3, 0.4) is 0 Å². The molecule has 0 radical (unpaired) electrons. The first-order valence-electron chi connectivity index (χ1n) is 7.70. The van der Waals surface area contributed by atoms with Crippen molar-refractivity contribution in [3.8, 4) is 0 Å². The van der Waals surface area contributed by atoms with Gasteiger partial charge < -0.3 is 16.0 Å². The van der Waals surface area contributed by atoms with Crippen molar-refractivity contribution >= 4 is 29.7 Å². The summed E-state index contributed by atoms with van der Waals surface area (Å²) in [5, 5.41) is 20.5. The Labute approximate surface area is 140 Å². The predicted molar refractivity (Wildman–Crippen MR) is 90.3 cm³/mol. The molecule has 1 amide bonds. The van der Waals surface area contributed by atoms with Gasteiger partial charge >= 0.3 is 0 Å². The molecule has 2 fully saturated rings. The minimum absolute atomic E-state index is 0. The molecule has 8 heteroatoms. The normalized spacial score (nSPS) is 20.3. The number of carbonyl (C=O) groups is 1. The van der Waals surface area contributed by atoms with Gasteiger partial charge in [-0.2, -0.15) is 0 Å². The highest BCUT2D eigenvalue weighted by Gasteiger charge is 2.26. The largest absolute Gasteiger partial charge is 0.377 e. The molecule has 1 atom stereocenters. The highest BCUT2D eigenvalue weighted by atomic mass is 35.5. The molecular weight excluding hydrogens is 320 g/mol. The van der Waals surface area contributed by atoms with Crippen molar-refractivity contribution in [2.75, 3.05) is 18.4 Å². The van der Waals surface area contributed by atoms with E-state index in [-0.39, 0.29) is 30.0 Å². The van der Waals surface area contributed by atoms with E-state index in [0.717, 1.165) is 38.8 Å². The number of nitrogens with zero attached hydrogens (tertiary/aromatic N) is 1. The fourth-order valence-corrected chi connectivity index (χ4v) is 2.64. The molecule has 1 saturated heterocycles. The molecule has 23 heavy (non-hydrogen) atoms. The van der Waals surface area contributed by atoms with Gasteiger partial charge in [0.1, 0.15) is 5.69 Å². The Morgan fingerprint density at radius 3 is 2.65 bits per heavy atom. The van der Waals surface area contributed by atoms with E-state index >= 15 is 0 Å². The predicted octanol–water partition coefficient (Wildman–Crippen LogP) is 2.07. The second-order valence-corrected chi connectivity index (χ2v) is 5.92. The molecule has 1 heterocycles. The third-order valence-corrected chi connectivity index (χ3v) is 4.03. The van der Waals surface area contributed by atoms with Crippen LogP contribution in [-0.4, -0.2) is 36.0 Å². The van der Waals surface area contributed by atoms with Crippen LogP contribution in [0.15, 0.2) is 18.2 Å². The molecule has 1 saturated carbocycles. The Balaban J connectivity index is 0.00000192. The molecule has 1 aromatic rings. The van der Waals surface area contributed by atoms with E-state index in [1.165, 1.54) is 6.07 Å². The highest BCUT2D eigenvalue weighted by molar-refractivity contribution is 5.96. The molecule has 1 aliphatic carbocycles. The zero-order chi connectivity index (χ0) is 15.5. The maximum atomic E-state index is 12.3. The van der Waals surface area contributed by atoms with Gasteiger partial charge in [-0.1, -0.05) is 0 Å². The third kappa shape index (κ3) is 4.56. The summed E-state index contributed by atoms with van der Waals surface area (Å²) in [5.74, 6) is -0.255. The lowest BCUT2D eigenvalue weighted by atomic mass is 10.1. The molecule has 7 nitrogen and oxygen atoms in total. The summed E-state index contributed by atoms with van der Waals surface area (Å²) in [4.78, 5) is 23.0. The number of piperidine rings is 1. The number of nitro groups is 1.